The fourth-order valence-corrected chi connectivity index (χ4v) is 6.05. The van der Waals surface area contributed by atoms with Gasteiger partial charge < -0.3 is 15.1 Å². The van der Waals surface area contributed by atoms with E-state index in [-0.39, 0.29) is 34.9 Å². The molecule has 2 amide bonds. The Kier molecular flexibility index (Phi) is 10.3. The number of likely N-dealkylation sites (tertiary alicyclic amines) is 1. The molecule has 1 aliphatic rings. The standard InChI is InChI=1S/C32H38FN3O4S/c1-3-36(31(37)23-24-13-15-27(16-14-24)41(2,39)40)26-17-20-35(21-18-26)22-19-30(25-9-5-4-6-10-25)34-32(38)28-11-7-8-12-29(28)33/h4-16,26,30H,3,17-23H2,1-2H3,(H,34,38)/t30-/m0/s1. The van der Waals surface area contributed by atoms with Crippen LogP contribution in [0.15, 0.2) is 83.8 Å². The third-order valence-electron chi connectivity index (χ3n) is 7.73. The van der Waals surface area contributed by atoms with Crippen LogP contribution < -0.4 is 5.32 Å². The highest BCUT2D eigenvalue weighted by molar-refractivity contribution is 7.90. The number of carbonyl (C=O) groups is 2. The van der Waals surface area contributed by atoms with Crippen molar-refractivity contribution in [3.05, 3.63) is 101 Å². The SMILES string of the molecule is CCN(C(=O)Cc1ccc(S(C)(=O)=O)cc1)C1CCN(CC[C@H](NC(=O)c2ccccc2F)c2ccccc2)CC1. The number of piperidine rings is 1. The van der Waals surface area contributed by atoms with Crippen molar-refractivity contribution in [1.82, 2.24) is 15.1 Å². The summed E-state index contributed by atoms with van der Waals surface area (Å²) in [4.78, 5) is 30.6. The van der Waals surface area contributed by atoms with E-state index in [1.807, 2.05) is 42.2 Å². The Morgan fingerprint density at radius 3 is 2.22 bits per heavy atom. The fourth-order valence-electron chi connectivity index (χ4n) is 5.42. The molecule has 0 aliphatic carbocycles. The van der Waals surface area contributed by atoms with E-state index >= 15 is 0 Å². The molecule has 1 heterocycles. The van der Waals surface area contributed by atoms with Gasteiger partial charge in [-0.15, -0.1) is 0 Å². The fraction of sp³-hybridized carbons (Fsp3) is 0.375. The highest BCUT2D eigenvalue weighted by Crippen LogP contribution is 2.22. The largest absolute Gasteiger partial charge is 0.345 e. The van der Waals surface area contributed by atoms with Gasteiger partial charge in [-0.25, -0.2) is 12.8 Å². The van der Waals surface area contributed by atoms with Gasteiger partial charge in [0.05, 0.1) is 22.9 Å². The summed E-state index contributed by atoms with van der Waals surface area (Å²) in [6.45, 7) is 5.03. The van der Waals surface area contributed by atoms with Crippen LogP contribution in [-0.2, 0) is 21.1 Å². The van der Waals surface area contributed by atoms with E-state index < -0.39 is 21.6 Å². The summed E-state index contributed by atoms with van der Waals surface area (Å²) in [5.74, 6) is -0.934. The molecular weight excluding hydrogens is 541 g/mol. The zero-order valence-corrected chi connectivity index (χ0v) is 24.4. The van der Waals surface area contributed by atoms with Crippen molar-refractivity contribution < 1.29 is 22.4 Å². The van der Waals surface area contributed by atoms with E-state index in [0.717, 1.165) is 43.6 Å². The number of hydrogen-bond acceptors (Lipinski definition) is 5. The molecule has 1 saturated heterocycles. The van der Waals surface area contributed by atoms with Crippen LogP contribution in [0, 0.1) is 5.82 Å². The summed E-state index contributed by atoms with van der Waals surface area (Å²) in [5, 5.41) is 3.02. The van der Waals surface area contributed by atoms with Crippen LogP contribution in [-0.4, -0.2) is 68.5 Å². The Balaban J connectivity index is 1.32. The van der Waals surface area contributed by atoms with E-state index in [1.165, 1.54) is 18.4 Å². The molecule has 1 fully saturated rings. The van der Waals surface area contributed by atoms with Gasteiger partial charge in [0, 0.05) is 38.5 Å². The highest BCUT2D eigenvalue weighted by atomic mass is 32.2. The van der Waals surface area contributed by atoms with Crippen LogP contribution in [0.4, 0.5) is 4.39 Å². The number of nitrogens with one attached hydrogen (secondary N) is 1. The summed E-state index contributed by atoms with van der Waals surface area (Å²) in [7, 11) is -3.27. The van der Waals surface area contributed by atoms with Crippen molar-refractivity contribution in [2.75, 3.05) is 32.4 Å². The number of nitrogens with zero attached hydrogens (tertiary/aromatic N) is 2. The summed E-state index contributed by atoms with van der Waals surface area (Å²) < 4.78 is 37.7. The molecule has 0 bridgehead atoms. The molecule has 1 N–H and O–H groups in total. The predicted octanol–water partition coefficient (Wildman–Crippen LogP) is 4.65. The molecule has 3 aromatic rings. The quantitative estimate of drug-likeness (QED) is 0.358. The van der Waals surface area contributed by atoms with Crippen LogP contribution in [0.1, 0.15) is 53.7 Å². The first-order chi connectivity index (χ1) is 19.7. The van der Waals surface area contributed by atoms with Gasteiger partial charge in [-0.05, 0) is 61.6 Å². The lowest BCUT2D eigenvalue weighted by Crippen LogP contribution is -2.48. The molecule has 0 unspecified atom stereocenters. The Hall–Kier alpha value is -3.56. The lowest BCUT2D eigenvalue weighted by molar-refractivity contribution is -0.133. The van der Waals surface area contributed by atoms with E-state index in [0.29, 0.717) is 13.0 Å². The predicted molar refractivity (Wildman–Crippen MR) is 158 cm³/mol. The highest BCUT2D eigenvalue weighted by Gasteiger charge is 2.28. The van der Waals surface area contributed by atoms with E-state index in [1.54, 1.807) is 36.4 Å². The number of hydrogen-bond donors (Lipinski definition) is 1. The van der Waals surface area contributed by atoms with Gasteiger partial charge in [0.2, 0.25) is 5.91 Å². The second-order valence-electron chi connectivity index (χ2n) is 10.6. The molecule has 0 spiro atoms. The summed E-state index contributed by atoms with van der Waals surface area (Å²) in [6, 6.07) is 22.1. The lowest BCUT2D eigenvalue weighted by atomic mass is 9.99. The number of halogens is 1. The molecule has 0 saturated carbocycles. The second kappa shape index (κ2) is 13.9. The van der Waals surface area contributed by atoms with Crippen molar-refractivity contribution in [3.63, 3.8) is 0 Å². The first kappa shape index (κ1) is 30.4. The van der Waals surface area contributed by atoms with Gasteiger partial charge in [0.25, 0.3) is 5.91 Å². The van der Waals surface area contributed by atoms with Gasteiger partial charge >= 0.3 is 0 Å². The third kappa shape index (κ3) is 8.24. The normalized spacial score (nSPS) is 15.3. The van der Waals surface area contributed by atoms with E-state index in [9.17, 15) is 22.4 Å². The maximum absolute atomic E-state index is 14.2. The molecule has 4 rings (SSSR count). The van der Waals surface area contributed by atoms with Gasteiger partial charge in [-0.2, -0.15) is 0 Å². The van der Waals surface area contributed by atoms with Crippen LogP contribution in [0.3, 0.4) is 0 Å². The molecule has 41 heavy (non-hydrogen) atoms. The van der Waals surface area contributed by atoms with Crippen molar-refractivity contribution in [2.24, 2.45) is 0 Å². The average Bonchev–Trinajstić information content (AvgIpc) is 2.96. The zero-order valence-electron chi connectivity index (χ0n) is 23.6. The van der Waals surface area contributed by atoms with Crippen LogP contribution >= 0.6 is 0 Å². The van der Waals surface area contributed by atoms with Crippen molar-refractivity contribution in [3.8, 4) is 0 Å². The lowest BCUT2D eigenvalue weighted by Gasteiger charge is -2.38. The number of carbonyl (C=O) groups excluding carboxylic acids is 2. The Labute approximate surface area is 242 Å². The van der Waals surface area contributed by atoms with Crippen molar-refractivity contribution in [1.29, 1.82) is 0 Å². The molecule has 218 valence electrons. The number of rotatable bonds is 11. The minimum atomic E-state index is -3.27. The number of sulfone groups is 1. The minimum absolute atomic E-state index is 0.0323. The summed E-state index contributed by atoms with van der Waals surface area (Å²) in [6.07, 6.45) is 3.78. The maximum atomic E-state index is 14.2. The van der Waals surface area contributed by atoms with Crippen molar-refractivity contribution >= 4 is 21.7 Å². The third-order valence-corrected chi connectivity index (χ3v) is 8.85. The first-order valence-corrected chi connectivity index (χ1v) is 16.0. The molecule has 1 aliphatic heterocycles. The zero-order chi connectivity index (χ0) is 29.4. The number of benzene rings is 3. The molecule has 0 radical (unpaired) electrons. The first-order valence-electron chi connectivity index (χ1n) is 14.1. The summed E-state index contributed by atoms with van der Waals surface area (Å²) >= 11 is 0. The molecular formula is C32H38FN3O4S. The van der Waals surface area contributed by atoms with Gasteiger partial charge in [-0.1, -0.05) is 54.6 Å². The number of likely N-dealkylation sites (N-methyl/N-ethyl adjacent to an activating group) is 1. The van der Waals surface area contributed by atoms with Crippen LogP contribution in [0.2, 0.25) is 0 Å². The van der Waals surface area contributed by atoms with Crippen LogP contribution in [0.25, 0.3) is 0 Å². The Morgan fingerprint density at radius 1 is 0.976 bits per heavy atom. The van der Waals surface area contributed by atoms with E-state index in [2.05, 4.69) is 10.2 Å². The molecule has 9 heteroatoms. The van der Waals surface area contributed by atoms with Crippen LogP contribution in [0.5, 0.6) is 0 Å². The van der Waals surface area contributed by atoms with Gasteiger partial charge in [0.1, 0.15) is 5.82 Å². The Bertz CT molecular complexity index is 1420. The maximum Gasteiger partial charge on any atom is 0.254 e. The molecule has 7 nitrogen and oxygen atoms in total. The monoisotopic (exact) mass is 579 g/mol. The number of amides is 2. The smallest absolute Gasteiger partial charge is 0.254 e. The Morgan fingerprint density at radius 2 is 1.61 bits per heavy atom. The molecule has 3 aromatic carbocycles. The average molecular weight is 580 g/mol. The molecule has 0 aromatic heterocycles. The molecule has 1 atom stereocenters. The topological polar surface area (TPSA) is 86.8 Å². The van der Waals surface area contributed by atoms with E-state index in [4.69, 9.17) is 0 Å². The summed E-state index contributed by atoms with van der Waals surface area (Å²) in [5.41, 5.74) is 1.80. The minimum Gasteiger partial charge on any atom is -0.345 e. The van der Waals surface area contributed by atoms with Gasteiger partial charge in [0.15, 0.2) is 9.84 Å². The second-order valence-corrected chi connectivity index (χ2v) is 12.6. The van der Waals surface area contributed by atoms with Gasteiger partial charge in [-0.3, -0.25) is 9.59 Å². The van der Waals surface area contributed by atoms with Crippen molar-refractivity contribution in [2.45, 2.75) is 49.6 Å².